The van der Waals surface area contributed by atoms with Crippen LogP contribution < -0.4 is 15.1 Å². The SMILES string of the molecule is CCN(CC)c1ccc(NC2=C(c3ccc(C)cc3C)C(=O)N(c3cc(C)ccc3C)C2=O)cc1. The summed E-state index contributed by atoms with van der Waals surface area (Å²) in [5, 5.41) is 3.30. The summed E-state index contributed by atoms with van der Waals surface area (Å²) >= 11 is 0. The maximum Gasteiger partial charge on any atom is 0.282 e. The summed E-state index contributed by atoms with van der Waals surface area (Å²) in [6.07, 6.45) is 0. The molecule has 3 aromatic rings. The van der Waals surface area contributed by atoms with E-state index >= 15 is 0 Å². The van der Waals surface area contributed by atoms with Crippen LogP contribution in [0.25, 0.3) is 5.57 Å². The maximum absolute atomic E-state index is 13.8. The zero-order valence-electron chi connectivity index (χ0n) is 21.4. The minimum absolute atomic E-state index is 0.304. The highest BCUT2D eigenvalue weighted by molar-refractivity contribution is 6.46. The number of nitrogens with one attached hydrogen (secondary N) is 1. The van der Waals surface area contributed by atoms with Gasteiger partial charge in [0.05, 0.1) is 11.3 Å². The van der Waals surface area contributed by atoms with E-state index in [0.717, 1.165) is 52.3 Å². The number of anilines is 3. The highest BCUT2D eigenvalue weighted by atomic mass is 16.2. The fourth-order valence-electron chi connectivity index (χ4n) is 4.66. The van der Waals surface area contributed by atoms with E-state index in [1.54, 1.807) is 0 Å². The molecule has 2 amide bonds. The van der Waals surface area contributed by atoms with Crippen LogP contribution in [0.2, 0.25) is 0 Å². The van der Waals surface area contributed by atoms with Crippen molar-refractivity contribution in [3.8, 4) is 0 Å². The number of amides is 2. The van der Waals surface area contributed by atoms with Gasteiger partial charge >= 0.3 is 0 Å². The Morgan fingerprint density at radius 2 is 1.37 bits per heavy atom. The predicted molar refractivity (Wildman–Crippen MR) is 145 cm³/mol. The molecule has 0 saturated heterocycles. The molecule has 5 heteroatoms. The molecule has 1 N–H and O–H groups in total. The lowest BCUT2D eigenvalue weighted by molar-refractivity contribution is -0.120. The lowest BCUT2D eigenvalue weighted by atomic mass is 9.97. The highest BCUT2D eigenvalue weighted by Crippen LogP contribution is 2.37. The largest absolute Gasteiger partial charge is 0.372 e. The van der Waals surface area contributed by atoms with Gasteiger partial charge in [-0.15, -0.1) is 0 Å². The number of benzene rings is 3. The fourth-order valence-corrected chi connectivity index (χ4v) is 4.66. The quantitative estimate of drug-likeness (QED) is 0.423. The summed E-state index contributed by atoms with van der Waals surface area (Å²) in [6.45, 7) is 14.0. The van der Waals surface area contributed by atoms with E-state index in [2.05, 4.69) is 24.1 Å². The summed E-state index contributed by atoms with van der Waals surface area (Å²) in [7, 11) is 0. The van der Waals surface area contributed by atoms with Gasteiger partial charge in [-0.2, -0.15) is 0 Å². The molecule has 1 heterocycles. The van der Waals surface area contributed by atoms with Crippen LogP contribution in [0.3, 0.4) is 0 Å². The van der Waals surface area contributed by atoms with Gasteiger partial charge in [0.2, 0.25) is 0 Å². The fraction of sp³-hybridized carbons (Fsp3) is 0.267. The molecule has 0 spiro atoms. The molecule has 0 atom stereocenters. The molecule has 180 valence electrons. The summed E-state index contributed by atoms with van der Waals surface area (Å²) < 4.78 is 0. The Morgan fingerprint density at radius 1 is 0.743 bits per heavy atom. The molecule has 0 radical (unpaired) electrons. The molecule has 0 fully saturated rings. The Kier molecular flexibility index (Phi) is 6.79. The average molecular weight is 468 g/mol. The van der Waals surface area contributed by atoms with Gasteiger partial charge in [-0.25, -0.2) is 4.90 Å². The highest BCUT2D eigenvalue weighted by Gasteiger charge is 2.41. The average Bonchev–Trinajstić information content (AvgIpc) is 3.06. The predicted octanol–water partition coefficient (Wildman–Crippen LogP) is 6.16. The summed E-state index contributed by atoms with van der Waals surface area (Å²) in [5.41, 5.74) is 7.92. The van der Waals surface area contributed by atoms with Crippen molar-refractivity contribution in [1.29, 1.82) is 0 Å². The van der Waals surface area contributed by atoms with Crippen molar-refractivity contribution in [1.82, 2.24) is 0 Å². The Labute approximate surface area is 208 Å². The number of rotatable bonds is 7. The molecule has 5 nitrogen and oxygen atoms in total. The van der Waals surface area contributed by atoms with E-state index in [4.69, 9.17) is 0 Å². The first kappa shape index (κ1) is 24.3. The molecule has 35 heavy (non-hydrogen) atoms. The monoisotopic (exact) mass is 467 g/mol. The van der Waals surface area contributed by atoms with Crippen molar-refractivity contribution in [3.05, 3.63) is 94.2 Å². The number of carbonyl (C=O) groups excluding carboxylic acids is 2. The van der Waals surface area contributed by atoms with E-state index < -0.39 is 0 Å². The summed E-state index contributed by atoms with van der Waals surface area (Å²) in [5.74, 6) is -0.649. The van der Waals surface area contributed by atoms with Crippen LogP contribution in [0.1, 0.15) is 41.7 Å². The molecule has 0 aromatic heterocycles. The Balaban J connectivity index is 1.81. The van der Waals surface area contributed by atoms with Crippen LogP contribution in [0, 0.1) is 27.7 Å². The van der Waals surface area contributed by atoms with Crippen LogP contribution in [0.4, 0.5) is 17.1 Å². The number of hydrogen-bond acceptors (Lipinski definition) is 4. The third-order valence-electron chi connectivity index (χ3n) is 6.61. The summed E-state index contributed by atoms with van der Waals surface area (Å²) in [4.78, 5) is 31.2. The van der Waals surface area contributed by atoms with E-state index in [-0.39, 0.29) is 11.8 Å². The molecule has 1 aliphatic heterocycles. The van der Waals surface area contributed by atoms with E-state index in [1.807, 2.05) is 88.4 Å². The number of aryl methyl sites for hydroxylation is 4. The standard InChI is InChI=1S/C30H33N3O2/c1-7-32(8-2)24-14-12-23(13-15-24)31-28-27(25-16-10-19(3)17-22(25)6)29(34)33(30(28)35)26-18-20(4)9-11-21(26)5/h9-18,31H,7-8H2,1-6H3. The van der Waals surface area contributed by atoms with Gasteiger partial charge in [0.1, 0.15) is 5.70 Å². The van der Waals surface area contributed by atoms with Gasteiger partial charge < -0.3 is 10.2 Å². The summed E-state index contributed by atoms with van der Waals surface area (Å²) in [6, 6.07) is 19.8. The Morgan fingerprint density at radius 3 is 2.00 bits per heavy atom. The van der Waals surface area contributed by atoms with E-state index in [0.29, 0.717) is 17.0 Å². The van der Waals surface area contributed by atoms with Crippen LogP contribution in [0.15, 0.2) is 66.4 Å². The zero-order chi connectivity index (χ0) is 25.3. The van der Waals surface area contributed by atoms with Crippen LogP contribution in [-0.4, -0.2) is 24.9 Å². The van der Waals surface area contributed by atoms with Crippen LogP contribution in [-0.2, 0) is 9.59 Å². The van der Waals surface area contributed by atoms with Gasteiger partial charge in [0.25, 0.3) is 11.8 Å². The third-order valence-corrected chi connectivity index (χ3v) is 6.61. The van der Waals surface area contributed by atoms with Crippen molar-refractivity contribution >= 4 is 34.4 Å². The van der Waals surface area contributed by atoms with Gasteiger partial charge in [-0.05, 0) is 94.1 Å². The number of imide groups is 1. The van der Waals surface area contributed by atoms with Gasteiger partial charge in [0, 0.05) is 24.5 Å². The molecule has 1 aliphatic rings. The van der Waals surface area contributed by atoms with Crippen molar-refractivity contribution in [2.45, 2.75) is 41.5 Å². The van der Waals surface area contributed by atoms with Crippen molar-refractivity contribution in [2.24, 2.45) is 0 Å². The normalized spacial score (nSPS) is 13.6. The smallest absolute Gasteiger partial charge is 0.282 e. The second-order valence-corrected chi connectivity index (χ2v) is 9.15. The maximum atomic E-state index is 13.8. The number of hydrogen-bond donors (Lipinski definition) is 1. The van der Waals surface area contributed by atoms with Crippen LogP contribution in [0.5, 0.6) is 0 Å². The lowest BCUT2D eigenvalue weighted by Gasteiger charge is -2.21. The van der Waals surface area contributed by atoms with E-state index in [1.165, 1.54) is 4.90 Å². The number of nitrogens with zero attached hydrogens (tertiary/aromatic N) is 2. The number of carbonyl (C=O) groups is 2. The topological polar surface area (TPSA) is 52.7 Å². The minimum Gasteiger partial charge on any atom is -0.372 e. The van der Waals surface area contributed by atoms with Crippen LogP contribution >= 0.6 is 0 Å². The molecule has 0 bridgehead atoms. The molecule has 4 rings (SSSR count). The first-order chi connectivity index (χ1) is 16.7. The lowest BCUT2D eigenvalue weighted by Crippen LogP contribution is -2.33. The molecule has 0 saturated carbocycles. The van der Waals surface area contributed by atoms with Gasteiger partial charge in [-0.3, -0.25) is 9.59 Å². The first-order valence-corrected chi connectivity index (χ1v) is 12.1. The molecule has 3 aromatic carbocycles. The van der Waals surface area contributed by atoms with Gasteiger partial charge in [-0.1, -0.05) is 35.9 Å². The Hall–Kier alpha value is -3.86. The molecule has 0 aliphatic carbocycles. The van der Waals surface area contributed by atoms with Crippen molar-refractivity contribution in [2.75, 3.05) is 28.2 Å². The minimum atomic E-state index is -0.341. The first-order valence-electron chi connectivity index (χ1n) is 12.1. The molecular weight excluding hydrogens is 434 g/mol. The van der Waals surface area contributed by atoms with Crippen molar-refractivity contribution in [3.63, 3.8) is 0 Å². The van der Waals surface area contributed by atoms with Crippen molar-refractivity contribution < 1.29 is 9.59 Å². The second-order valence-electron chi connectivity index (χ2n) is 9.15. The van der Waals surface area contributed by atoms with Gasteiger partial charge in [0.15, 0.2) is 0 Å². The Bertz CT molecular complexity index is 1320. The van der Waals surface area contributed by atoms with E-state index in [9.17, 15) is 9.59 Å². The molecular formula is C30H33N3O2. The zero-order valence-corrected chi connectivity index (χ0v) is 21.4. The third kappa shape index (κ3) is 4.59. The molecule has 0 unspecified atom stereocenters. The second kappa shape index (κ2) is 9.79.